The maximum absolute atomic E-state index is 5.23. The Labute approximate surface area is 191 Å². The quantitative estimate of drug-likeness (QED) is 0.291. The van der Waals surface area contributed by atoms with E-state index in [2.05, 4.69) is 72.8 Å². The highest BCUT2D eigenvalue weighted by Gasteiger charge is 2.02. The fourth-order valence-electron chi connectivity index (χ4n) is 3.89. The van der Waals surface area contributed by atoms with Gasteiger partial charge in [0.2, 0.25) is 0 Å². The van der Waals surface area contributed by atoms with Gasteiger partial charge in [-0.3, -0.25) is 0 Å². The summed E-state index contributed by atoms with van der Waals surface area (Å²) in [5, 5.41) is 0. The zero-order valence-corrected chi connectivity index (χ0v) is 18.9. The maximum atomic E-state index is 5.23. The van der Waals surface area contributed by atoms with Crippen molar-refractivity contribution in [3.63, 3.8) is 0 Å². The predicted molar refractivity (Wildman–Crippen MR) is 133 cm³/mol. The minimum atomic E-state index is 0.907. The van der Waals surface area contributed by atoms with Crippen LogP contribution in [0.5, 0.6) is 11.5 Å². The molecule has 0 bridgehead atoms. The molecule has 0 aliphatic rings. The van der Waals surface area contributed by atoms with E-state index in [4.69, 9.17) is 9.47 Å². The van der Waals surface area contributed by atoms with Crippen molar-refractivity contribution < 1.29 is 9.47 Å². The topological polar surface area (TPSA) is 18.5 Å². The van der Waals surface area contributed by atoms with E-state index in [9.17, 15) is 0 Å². The summed E-state index contributed by atoms with van der Waals surface area (Å²) in [5.41, 5.74) is 7.92. The molecule has 0 amide bonds. The van der Waals surface area contributed by atoms with E-state index < -0.39 is 0 Å². The van der Waals surface area contributed by atoms with Gasteiger partial charge < -0.3 is 9.47 Å². The van der Waals surface area contributed by atoms with Gasteiger partial charge in [-0.2, -0.15) is 0 Å². The highest BCUT2D eigenvalue weighted by atomic mass is 16.5. The summed E-state index contributed by atoms with van der Waals surface area (Å²) in [6.45, 7) is 0. The van der Waals surface area contributed by atoms with Crippen LogP contribution in [0.2, 0.25) is 0 Å². The fourth-order valence-corrected chi connectivity index (χ4v) is 3.89. The second-order valence-electron chi connectivity index (χ2n) is 8.09. The van der Waals surface area contributed by atoms with Crippen LogP contribution in [-0.2, 0) is 25.7 Å². The molecule has 0 fully saturated rings. The molecule has 0 N–H and O–H groups in total. The summed E-state index contributed by atoms with van der Waals surface area (Å²) in [6.07, 6.45) is 4.15. The molecular weight excluding hydrogens is 392 g/mol. The van der Waals surface area contributed by atoms with Gasteiger partial charge in [0.25, 0.3) is 0 Å². The monoisotopic (exact) mass is 422 g/mol. The molecule has 4 aromatic carbocycles. The van der Waals surface area contributed by atoms with E-state index in [1.54, 1.807) is 14.2 Å². The van der Waals surface area contributed by atoms with Gasteiger partial charge in [-0.05, 0) is 83.3 Å². The number of hydrogen-bond acceptors (Lipinski definition) is 2. The van der Waals surface area contributed by atoms with E-state index in [-0.39, 0.29) is 0 Å². The van der Waals surface area contributed by atoms with Crippen molar-refractivity contribution in [2.75, 3.05) is 14.2 Å². The second-order valence-corrected chi connectivity index (χ2v) is 8.09. The number of rotatable bonds is 9. The normalized spacial score (nSPS) is 10.7. The summed E-state index contributed by atoms with van der Waals surface area (Å²) in [6, 6.07) is 34.6. The van der Waals surface area contributed by atoms with Crippen LogP contribution in [0.3, 0.4) is 0 Å². The molecule has 162 valence electrons. The van der Waals surface area contributed by atoms with Crippen molar-refractivity contribution >= 4 is 0 Å². The number of ether oxygens (including phenoxy) is 2. The third kappa shape index (κ3) is 5.79. The van der Waals surface area contributed by atoms with Crippen LogP contribution >= 0.6 is 0 Å². The van der Waals surface area contributed by atoms with Crippen LogP contribution in [0.25, 0.3) is 11.1 Å². The lowest BCUT2D eigenvalue weighted by molar-refractivity contribution is 0.414. The molecule has 2 nitrogen and oxygen atoms in total. The van der Waals surface area contributed by atoms with E-state index in [0.717, 1.165) is 37.2 Å². The Morgan fingerprint density at radius 2 is 0.625 bits per heavy atom. The zero-order valence-electron chi connectivity index (χ0n) is 18.9. The summed E-state index contributed by atoms with van der Waals surface area (Å²) in [7, 11) is 3.40. The standard InChI is InChI=1S/C30H30O2/c1-31-29-19-11-25(12-20-29)5-3-23-7-15-27(16-8-23)28-17-9-24(10-18-28)4-6-26-13-21-30(32-2)22-14-26/h7-22H,3-6H2,1-2H3. The van der Waals surface area contributed by atoms with Gasteiger partial charge >= 0.3 is 0 Å². The molecule has 0 aromatic heterocycles. The van der Waals surface area contributed by atoms with Crippen LogP contribution in [0.15, 0.2) is 97.1 Å². The molecule has 4 aromatic rings. The molecule has 0 unspecified atom stereocenters. The SMILES string of the molecule is COc1ccc(CCc2ccc(-c3ccc(CCc4ccc(OC)cc4)cc3)cc2)cc1. The number of benzene rings is 4. The molecule has 32 heavy (non-hydrogen) atoms. The van der Waals surface area contributed by atoms with E-state index in [0.29, 0.717) is 0 Å². The Morgan fingerprint density at radius 3 is 0.875 bits per heavy atom. The molecule has 4 rings (SSSR count). The second kappa shape index (κ2) is 10.7. The smallest absolute Gasteiger partial charge is 0.118 e. The van der Waals surface area contributed by atoms with Crippen molar-refractivity contribution in [1.82, 2.24) is 0 Å². The average Bonchev–Trinajstić information content (AvgIpc) is 2.87. The van der Waals surface area contributed by atoms with Crippen molar-refractivity contribution in [2.45, 2.75) is 25.7 Å². The summed E-state index contributed by atoms with van der Waals surface area (Å²) >= 11 is 0. The first kappa shape index (κ1) is 21.7. The van der Waals surface area contributed by atoms with Gasteiger partial charge in [-0.1, -0.05) is 72.8 Å². The summed E-state index contributed by atoms with van der Waals surface area (Å²) < 4.78 is 10.5. The Hall–Kier alpha value is -3.52. The van der Waals surface area contributed by atoms with E-state index >= 15 is 0 Å². The highest BCUT2D eigenvalue weighted by Crippen LogP contribution is 2.22. The van der Waals surface area contributed by atoms with Crippen LogP contribution in [0, 0.1) is 0 Å². The first-order chi connectivity index (χ1) is 15.7. The van der Waals surface area contributed by atoms with Crippen LogP contribution in [-0.4, -0.2) is 14.2 Å². The van der Waals surface area contributed by atoms with Crippen LogP contribution in [0.4, 0.5) is 0 Å². The van der Waals surface area contributed by atoms with Gasteiger partial charge in [-0.25, -0.2) is 0 Å². The van der Waals surface area contributed by atoms with Gasteiger partial charge in [0.15, 0.2) is 0 Å². The highest BCUT2D eigenvalue weighted by molar-refractivity contribution is 5.64. The maximum Gasteiger partial charge on any atom is 0.118 e. The minimum Gasteiger partial charge on any atom is -0.497 e. The van der Waals surface area contributed by atoms with Gasteiger partial charge in [0.1, 0.15) is 11.5 Å². The number of aryl methyl sites for hydroxylation is 4. The molecule has 0 atom stereocenters. The first-order valence-electron chi connectivity index (χ1n) is 11.2. The van der Waals surface area contributed by atoms with Crippen LogP contribution in [0.1, 0.15) is 22.3 Å². The average molecular weight is 423 g/mol. The van der Waals surface area contributed by atoms with Crippen molar-refractivity contribution in [2.24, 2.45) is 0 Å². The molecule has 0 spiro atoms. The zero-order chi connectivity index (χ0) is 22.2. The summed E-state index contributed by atoms with van der Waals surface area (Å²) in [4.78, 5) is 0. The largest absolute Gasteiger partial charge is 0.497 e. The fraction of sp³-hybridized carbons (Fsp3) is 0.200. The lowest BCUT2D eigenvalue weighted by Crippen LogP contribution is -1.93. The molecule has 0 saturated heterocycles. The molecule has 0 heterocycles. The van der Waals surface area contributed by atoms with Crippen LogP contribution < -0.4 is 9.47 Å². The van der Waals surface area contributed by atoms with Gasteiger partial charge in [0.05, 0.1) is 14.2 Å². The van der Waals surface area contributed by atoms with E-state index in [1.807, 2.05) is 24.3 Å². The number of hydrogen-bond donors (Lipinski definition) is 0. The Kier molecular flexibility index (Phi) is 7.24. The Morgan fingerprint density at radius 1 is 0.375 bits per heavy atom. The van der Waals surface area contributed by atoms with E-state index in [1.165, 1.54) is 33.4 Å². The Balaban J connectivity index is 1.31. The van der Waals surface area contributed by atoms with Crippen molar-refractivity contribution in [1.29, 1.82) is 0 Å². The molecule has 0 saturated carbocycles. The summed E-state index contributed by atoms with van der Waals surface area (Å²) in [5.74, 6) is 1.81. The first-order valence-corrected chi connectivity index (χ1v) is 11.2. The van der Waals surface area contributed by atoms with Crippen molar-refractivity contribution in [3.8, 4) is 22.6 Å². The molecule has 2 heteroatoms. The minimum absolute atomic E-state index is 0.907. The third-order valence-corrected chi connectivity index (χ3v) is 5.96. The third-order valence-electron chi connectivity index (χ3n) is 5.96. The molecule has 0 aliphatic carbocycles. The molecule has 0 aliphatic heterocycles. The number of methoxy groups -OCH3 is 2. The van der Waals surface area contributed by atoms with Crippen molar-refractivity contribution in [3.05, 3.63) is 119 Å². The lowest BCUT2D eigenvalue weighted by Gasteiger charge is -2.08. The van der Waals surface area contributed by atoms with Gasteiger partial charge in [0, 0.05) is 0 Å². The lowest BCUT2D eigenvalue weighted by atomic mass is 9.98. The predicted octanol–water partition coefficient (Wildman–Crippen LogP) is 6.94. The Bertz CT molecular complexity index is 1000. The molecule has 0 radical (unpaired) electrons. The van der Waals surface area contributed by atoms with Gasteiger partial charge in [-0.15, -0.1) is 0 Å². The molecular formula is C30H30O2.